The summed E-state index contributed by atoms with van der Waals surface area (Å²) < 4.78 is 17.5. The van der Waals surface area contributed by atoms with E-state index in [4.69, 9.17) is 24.0 Å². The molecular formula is C56H48IN5O8S2. The number of aromatic nitrogens is 1. The highest BCUT2D eigenvalue weighted by Crippen LogP contribution is 2.43. The number of nitrogens with one attached hydrogen (secondary N) is 2. The van der Waals surface area contributed by atoms with Gasteiger partial charge in [0.1, 0.15) is 40.7 Å². The Hall–Kier alpha value is -7.28. The predicted molar refractivity (Wildman–Crippen MR) is 287 cm³/mol. The summed E-state index contributed by atoms with van der Waals surface area (Å²) in [6, 6.07) is 54.8. The highest BCUT2D eigenvalue weighted by molar-refractivity contribution is 14.1. The van der Waals surface area contributed by atoms with Crippen LogP contribution in [0.25, 0.3) is 0 Å². The number of hydrogen-bond donors (Lipinski definition) is 2. The van der Waals surface area contributed by atoms with Crippen molar-refractivity contribution in [3.8, 4) is 5.75 Å². The van der Waals surface area contributed by atoms with Crippen LogP contribution in [0.4, 0.5) is 5.13 Å². The van der Waals surface area contributed by atoms with Crippen molar-refractivity contribution in [1.29, 1.82) is 0 Å². The van der Waals surface area contributed by atoms with Crippen LogP contribution in [0, 0.1) is 0 Å². The van der Waals surface area contributed by atoms with Crippen LogP contribution in [-0.4, -0.2) is 74.2 Å². The van der Waals surface area contributed by atoms with Crippen LogP contribution in [0.1, 0.15) is 52.1 Å². The van der Waals surface area contributed by atoms with Crippen molar-refractivity contribution in [1.82, 2.24) is 15.2 Å². The summed E-state index contributed by atoms with van der Waals surface area (Å²) in [6.07, 6.45) is -2.05. The van der Waals surface area contributed by atoms with Crippen LogP contribution >= 0.6 is 45.7 Å². The number of thiazole rings is 1. The number of carbonyl (C=O) groups excluding carboxylic acids is 4. The number of anilines is 1. The van der Waals surface area contributed by atoms with Crippen molar-refractivity contribution >= 4 is 80.3 Å². The number of methoxy groups -OCH3 is 1. The van der Waals surface area contributed by atoms with E-state index in [1.165, 1.54) is 34.9 Å². The molecule has 2 amide bonds. The van der Waals surface area contributed by atoms with E-state index in [9.17, 15) is 19.2 Å². The Morgan fingerprint density at radius 1 is 0.792 bits per heavy atom. The lowest BCUT2D eigenvalue weighted by Crippen LogP contribution is -2.71. The third-order valence-electron chi connectivity index (χ3n) is 12.2. The van der Waals surface area contributed by atoms with Gasteiger partial charge in [0.05, 0.1) is 7.11 Å². The zero-order valence-corrected chi connectivity index (χ0v) is 42.8. The third-order valence-corrected chi connectivity index (χ3v) is 15.2. The van der Waals surface area contributed by atoms with Gasteiger partial charge in [0.15, 0.2) is 16.9 Å². The molecule has 364 valence electrons. The number of β-lactam (4-membered cyclic amide) rings is 1. The summed E-state index contributed by atoms with van der Waals surface area (Å²) in [5.41, 5.74) is 4.85. The first-order chi connectivity index (χ1) is 35.2. The molecule has 3 atom stereocenters. The largest absolute Gasteiger partial charge is 0.497 e. The molecule has 9 rings (SSSR count). The maximum Gasteiger partial charge on any atom is 0.355 e. The highest BCUT2D eigenvalue weighted by Gasteiger charge is 2.54. The Morgan fingerprint density at radius 2 is 1.33 bits per heavy atom. The van der Waals surface area contributed by atoms with Crippen LogP contribution in [-0.2, 0) is 45.6 Å². The van der Waals surface area contributed by atoms with Crippen LogP contribution < -0.4 is 15.4 Å². The second kappa shape index (κ2) is 22.9. The highest BCUT2D eigenvalue weighted by atomic mass is 127. The molecule has 0 spiro atoms. The van der Waals surface area contributed by atoms with Gasteiger partial charge in [-0.3, -0.25) is 14.5 Å². The minimum atomic E-state index is -1.29. The van der Waals surface area contributed by atoms with E-state index in [1.807, 2.05) is 152 Å². The smallest absolute Gasteiger partial charge is 0.355 e. The van der Waals surface area contributed by atoms with Crippen molar-refractivity contribution in [2.24, 2.45) is 5.16 Å². The van der Waals surface area contributed by atoms with Gasteiger partial charge in [0, 0.05) is 15.6 Å². The zero-order valence-electron chi connectivity index (χ0n) is 39.1. The van der Waals surface area contributed by atoms with E-state index < -0.39 is 52.9 Å². The van der Waals surface area contributed by atoms with Gasteiger partial charge in [-0.1, -0.05) is 192 Å². The number of esters is 2. The fourth-order valence-corrected chi connectivity index (χ4v) is 11.6. The quantitative estimate of drug-likeness (QED) is 0.0151. The number of fused-ring (bicyclic) bond motifs is 1. The molecule has 72 heavy (non-hydrogen) atoms. The van der Waals surface area contributed by atoms with Crippen molar-refractivity contribution < 1.29 is 38.2 Å². The van der Waals surface area contributed by atoms with Crippen molar-refractivity contribution in [2.45, 2.75) is 42.7 Å². The van der Waals surface area contributed by atoms with E-state index in [1.54, 1.807) is 36.8 Å². The summed E-state index contributed by atoms with van der Waals surface area (Å²) in [4.78, 5) is 68.7. The van der Waals surface area contributed by atoms with Crippen LogP contribution in [0.15, 0.2) is 198 Å². The molecule has 1 aromatic heterocycles. The minimum absolute atomic E-state index is 0.0144. The number of rotatable bonds is 19. The van der Waals surface area contributed by atoms with E-state index in [0.29, 0.717) is 21.1 Å². The van der Waals surface area contributed by atoms with E-state index in [-0.39, 0.29) is 23.7 Å². The topological polar surface area (TPSA) is 158 Å². The number of thioether (sulfide) groups is 1. The molecule has 0 radical (unpaired) electrons. The van der Waals surface area contributed by atoms with Crippen LogP contribution in [0.5, 0.6) is 5.75 Å². The molecule has 0 aliphatic carbocycles. The van der Waals surface area contributed by atoms with E-state index in [0.717, 1.165) is 39.0 Å². The van der Waals surface area contributed by atoms with Gasteiger partial charge in [-0.25, -0.2) is 14.6 Å². The van der Waals surface area contributed by atoms with Crippen molar-refractivity contribution in [2.75, 3.05) is 22.6 Å². The first-order valence-corrected chi connectivity index (χ1v) is 26.4. The fourth-order valence-electron chi connectivity index (χ4n) is 8.48. The summed E-state index contributed by atoms with van der Waals surface area (Å²) in [5.74, 6) is -1.56. The van der Waals surface area contributed by atoms with Crippen LogP contribution in [0.3, 0.4) is 0 Å². The molecule has 2 unspecified atom stereocenters. The number of halogens is 1. The molecule has 2 N–H and O–H groups in total. The molecule has 1 saturated heterocycles. The Bertz CT molecular complexity index is 2940. The Morgan fingerprint density at radius 3 is 1.86 bits per heavy atom. The Labute approximate surface area is 438 Å². The van der Waals surface area contributed by atoms with Gasteiger partial charge < -0.3 is 29.7 Å². The van der Waals surface area contributed by atoms with Crippen molar-refractivity contribution in [3.05, 3.63) is 232 Å². The van der Waals surface area contributed by atoms with Gasteiger partial charge >= 0.3 is 11.9 Å². The van der Waals surface area contributed by atoms with Gasteiger partial charge in [-0.15, -0.1) is 23.1 Å². The summed E-state index contributed by atoms with van der Waals surface area (Å²) in [5, 5.41) is 12.4. The number of nitrogens with zero attached hydrogens (tertiary/aromatic N) is 3. The number of carbonyl (C=O) groups is 4. The van der Waals surface area contributed by atoms with E-state index in [2.05, 4.69) is 38.4 Å². The molecule has 6 aromatic carbocycles. The number of benzene rings is 6. The number of alkyl halides is 1. The summed E-state index contributed by atoms with van der Waals surface area (Å²) in [6.45, 7) is 1.47. The normalized spacial score (nSPS) is 16.0. The third kappa shape index (κ3) is 10.7. The Kier molecular flexibility index (Phi) is 15.8. The number of ether oxygens (including phenoxy) is 3. The van der Waals surface area contributed by atoms with Gasteiger partial charge in [0.25, 0.3) is 11.8 Å². The molecule has 3 heterocycles. The lowest BCUT2D eigenvalue weighted by Gasteiger charge is -2.49. The first-order valence-electron chi connectivity index (χ1n) is 23.0. The minimum Gasteiger partial charge on any atom is -0.497 e. The second-order valence-corrected chi connectivity index (χ2v) is 19.4. The molecule has 1 fully saturated rings. The number of hydrogen-bond acceptors (Lipinski definition) is 13. The predicted octanol–water partition coefficient (Wildman–Crippen LogP) is 9.83. The standard InChI is InChI=1S/C56H48IN5O8S2/c1-36(53(65)69-49(38-18-8-3-9-19-38)39-20-10-4-11-21-39)70-61-46(45-35-72-55(58-45)60-56(41-22-12-5-13-23-41,42-24-14-6-15-25-42)43-26-16-7-17-27-43)50(63)59-47-51(64)62-48(40(32-57)34-71-52(47)62)54(66)68-33-37-28-30-44(67-2)31-29-37/h3-31,35-36,47,49,52H,32-34H2,1-2H3,(H,58,60)(H,59,63)/t36?,47?,52-/m1/s1. The maximum atomic E-state index is 14.7. The molecule has 0 saturated carbocycles. The molecule has 16 heteroatoms. The lowest BCUT2D eigenvalue weighted by atomic mass is 9.77. The molecule has 2 aliphatic heterocycles. The maximum absolute atomic E-state index is 14.7. The fraction of sp³-hybridized carbons (Fsp3) is 0.179. The first kappa shape index (κ1) is 49.7. The van der Waals surface area contributed by atoms with E-state index >= 15 is 0 Å². The van der Waals surface area contributed by atoms with Crippen molar-refractivity contribution in [3.63, 3.8) is 0 Å². The second-order valence-electron chi connectivity index (χ2n) is 16.7. The molecule has 7 aromatic rings. The average Bonchev–Trinajstić information content (AvgIpc) is 3.90. The monoisotopic (exact) mass is 1110 g/mol. The van der Waals surface area contributed by atoms with Gasteiger partial charge in [-0.2, -0.15) is 0 Å². The van der Waals surface area contributed by atoms with Gasteiger partial charge in [0.2, 0.25) is 6.10 Å². The summed E-state index contributed by atoms with van der Waals surface area (Å²) in [7, 11) is 1.57. The molecule has 0 bridgehead atoms. The molecule has 2 aliphatic rings. The summed E-state index contributed by atoms with van der Waals surface area (Å²) >= 11 is 4.84. The number of amides is 2. The van der Waals surface area contributed by atoms with Gasteiger partial charge in [-0.05, 0) is 58.0 Å². The number of oxime groups is 1. The molecular weight excluding hydrogens is 1060 g/mol. The molecule has 13 nitrogen and oxygen atoms in total. The van der Waals surface area contributed by atoms with Crippen LogP contribution in [0.2, 0.25) is 0 Å². The average molecular weight is 1110 g/mol. The zero-order chi connectivity index (χ0) is 50.0. The lowest BCUT2D eigenvalue weighted by molar-refractivity contribution is -0.160. The SMILES string of the molecule is COc1ccc(COC(=O)C2=C(CI)CS[C@@H]3C(NC(=O)C(=NOC(C)C(=O)OC(c4ccccc4)c4ccccc4)c4csc(NC(c5ccccc5)(c5ccccc5)c5ccccc5)n4)C(=O)N23)cc1. The Balaban J connectivity index is 1.01.